The Morgan fingerprint density at radius 2 is 1.70 bits per heavy atom. The van der Waals surface area contributed by atoms with Crippen molar-refractivity contribution >= 4 is 34.7 Å². The number of halogens is 4. The molecule has 37 heavy (non-hydrogen) atoms. The van der Waals surface area contributed by atoms with Crippen LogP contribution in [0.5, 0.6) is 5.75 Å². The average Bonchev–Trinajstić information content (AvgIpc) is 3.32. The minimum Gasteiger partial charge on any atom is -0.406 e. The second-order valence-electron chi connectivity index (χ2n) is 7.58. The van der Waals surface area contributed by atoms with Crippen molar-refractivity contribution in [3.8, 4) is 22.8 Å². The quantitative estimate of drug-likeness (QED) is 0.223. The van der Waals surface area contributed by atoms with E-state index < -0.39 is 18.2 Å². The average molecular weight is 531 g/mol. The molecule has 0 saturated carbocycles. The van der Waals surface area contributed by atoms with Crippen LogP contribution in [0.15, 0.2) is 73.1 Å². The van der Waals surface area contributed by atoms with Crippen LogP contribution >= 0.6 is 12.2 Å². The van der Waals surface area contributed by atoms with Crippen LogP contribution in [0.1, 0.15) is 5.56 Å². The normalized spacial score (nSPS) is 11.1. The molecule has 0 unspecified atom stereocenters. The van der Waals surface area contributed by atoms with Gasteiger partial charge in [-0.2, -0.15) is 0 Å². The maximum atomic E-state index is 13.7. The van der Waals surface area contributed by atoms with Gasteiger partial charge < -0.3 is 15.4 Å². The number of ether oxygens (including phenoxy) is 1. The van der Waals surface area contributed by atoms with Crippen molar-refractivity contribution in [2.75, 3.05) is 10.6 Å². The van der Waals surface area contributed by atoms with E-state index in [-0.39, 0.29) is 10.9 Å². The number of aromatic nitrogens is 3. The summed E-state index contributed by atoms with van der Waals surface area (Å²) in [5.41, 5.74) is 2.39. The van der Waals surface area contributed by atoms with Gasteiger partial charge in [-0.05, 0) is 79.8 Å². The van der Waals surface area contributed by atoms with Crippen LogP contribution in [0.2, 0.25) is 0 Å². The van der Waals surface area contributed by atoms with Crippen LogP contribution in [0.4, 0.5) is 33.7 Å². The maximum absolute atomic E-state index is 13.7. The standard InChI is InChI=1S/C24H18F4N6O2S/c1-14-19(25)3-2-4-20(14)31-23(37)32-22(35)30-16-7-5-15(6-8-16)21-29-13-34(33-21)17-9-11-18(12-10-17)36-24(26,27)28/h2-13H,1H3,(H3,30,31,32,35,37). The van der Waals surface area contributed by atoms with E-state index >= 15 is 0 Å². The Hall–Kier alpha value is -4.52. The Morgan fingerprint density at radius 1 is 1.00 bits per heavy atom. The molecule has 0 saturated heterocycles. The van der Waals surface area contributed by atoms with Gasteiger partial charge in [-0.3, -0.25) is 5.32 Å². The number of urea groups is 1. The van der Waals surface area contributed by atoms with Crippen LogP contribution in [0, 0.1) is 12.7 Å². The molecule has 13 heteroatoms. The highest BCUT2D eigenvalue weighted by molar-refractivity contribution is 7.80. The number of thiocarbonyl (C=S) groups is 1. The summed E-state index contributed by atoms with van der Waals surface area (Å²) in [5, 5.41) is 12.2. The molecule has 4 rings (SSSR count). The molecule has 0 aliphatic heterocycles. The first-order chi connectivity index (χ1) is 17.6. The molecule has 4 aromatic rings. The van der Waals surface area contributed by atoms with E-state index in [9.17, 15) is 22.4 Å². The largest absolute Gasteiger partial charge is 0.573 e. The molecule has 1 heterocycles. The van der Waals surface area contributed by atoms with Gasteiger partial charge in [0.1, 0.15) is 17.9 Å². The number of nitrogens with zero attached hydrogens (tertiary/aromatic N) is 3. The number of amides is 2. The number of benzene rings is 3. The van der Waals surface area contributed by atoms with Crippen LogP contribution in [0.25, 0.3) is 17.1 Å². The first kappa shape index (κ1) is 25.6. The first-order valence-electron chi connectivity index (χ1n) is 10.6. The molecule has 0 fully saturated rings. The smallest absolute Gasteiger partial charge is 0.406 e. The molecule has 0 atom stereocenters. The molecule has 0 aliphatic carbocycles. The third-order valence-electron chi connectivity index (χ3n) is 4.97. The van der Waals surface area contributed by atoms with Gasteiger partial charge in [0.2, 0.25) is 0 Å². The van der Waals surface area contributed by atoms with Gasteiger partial charge in [0, 0.05) is 22.5 Å². The minimum atomic E-state index is -4.77. The van der Waals surface area contributed by atoms with E-state index in [2.05, 4.69) is 30.8 Å². The molecule has 190 valence electrons. The lowest BCUT2D eigenvalue weighted by Gasteiger charge is -2.12. The van der Waals surface area contributed by atoms with Crippen molar-refractivity contribution in [1.82, 2.24) is 20.1 Å². The van der Waals surface area contributed by atoms with E-state index in [0.717, 1.165) is 0 Å². The van der Waals surface area contributed by atoms with Gasteiger partial charge in [-0.15, -0.1) is 18.3 Å². The Kier molecular flexibility index (Phi) is 7.34. The third kappa shape index (κ3) is 6.79. The van der Waals surface area contributed by atoms with Crippen molar-refractivity contribution in [1.29, 1.82) is 0 Å². The van der Waals surface area contributed by atoms with E-state index in [1.807, 2.05) is 0 Å². The SMILES string of the molecule is Cc1c(F)cccc1NC(=S)NC(=O)Nc1ccc(-c2ncn(-c3ccc(OC(F)(F)F)cc3)n2)cc1. The Balaban J connectivity index is 1.34. The summed E-state index contributed by atoms with van der Waals surface area (Å²) >= 11 is 5.11. The second kappa shape index (κ2) is 10.6. The van der Waals surface area contributed by atoms with Gasteiger partial charge >= 0.3 is 12.4 Å². The van der Waals surface area contributed by atoms with Gasteiger partial charge in [-0.1, -0.05) is 6.07 Å². The molecule has 8 nitrogen and oxygen atoms in total. The molecule has 0 spiro atoms. The summed E-state index contributed by atoms with van der Waals surface area (Å²) in [6.07, 6.45) is -3.35. The number of alkyl halides is 3. The van der Waals surface area contributed by atoms with Gasteiger partial charge in [-0.25, -0.2) is 18.9 Å². The molecule has 3 N–H and O–H groups in total. The van der Waals surface area contributed by atoms with Crippen LogP contribution < -0.4 is 20.7 Å². The van der Waals surface area contributed by atoms with Crippen molar-refractivity contribution < 1.29 is 27.1 Å². The number of rotatable bonds is 5. The molecule has 0 bridgehead atoms. The lowest BCUT2D eigenvalue weighted by Crippen LogP contribution is -2.37. The molecule has 1 aromatic heterocycles. The Morgan fingerprint density at radius 3 is 2.38 bits per heavy atom. The second-order valence-corrected chi connectivity index (χ2v) is 7.99. The van der Waals surface area contributed by atoms with E-state index in [1.54, 1.807) is 37.3 Å². The van der Waals surface area contributed by atoms with E-state index in [4.69, 9.17) is 12.2 Å². The fourth-order valence-corrected chi connectivity index (χ4v) is 3.39. The van der Waals surface area contributed by atoms with Crippen molar-refractivity contribution in [3.05, 3.63) is 84.4 Å². The van der Waals surface area contributed by atoms with E-state index in [1.165, 1.54) is 47.4 Å². The number of carbonyl (C=O) groups is 1. The topological polar surface area (TPSA) is 93.1 Å². The fourth-order valence-electron chi connectivity index (χ4n) is 3.18. The monoisotopic (exact) mass is 530 g/mol. The van der Waals surface area contributed by atoms with Gasteiger partial charge in [0.15, 0.2) is 10.9 Å². The zero-order chi connectivity index (χ0) is 26.6. The van der Waals surface area contributed by atoms with Gasteiger partial charge in [0.05, 0.1) is 5.69 Å². The number of anilines is 2. The zero-order valence-corrected chi connectivity index (χ0v) is 19.8. The fraction of sp³-hybridized carbons (Fsp3) is 0.0833. The lowest BCUT2D eigenvalue weighted by atomic mass is 10.2. The Labute approximate surface area is 213 Å². The Bertz CT molecular complexity index is 1420. The molecule has 3 aromatic carbocycles. The highest BCUT2D eigenvalue weighted by atomic mass is 32.1. The number of nitrogens with one attached hydrogen (secondary N) is 3. The number of carbonyl (C=O) groups excluding carboxylic acids is 1. The predicted molar refractivity (Wildman–Crippen MR) is 133 cm³/mol. The van der Waals surface area contributed by atoms with Crippen molar-refractivity contribution in [2.24, 2.45) is 0 Å². The summed E-state index contributed by atoms with van der Waals surface area (Å²) in [5.74, 6) is -0.378. The summed E-state index contributed by atoms with van der Waals surface area (Å²) in [7, 11) is 0. The summed E-state index contributed by atoms with van der Waals surface area (Å²) < 4.78 is 55.9. The predicted octanol–water partition coefficient (Wildman–Crippen LogP) is 5.80. The van der Waals surface area contributed by atoms with Crippen molar-refractivity contribution in [2.45, 2.75) is 13.3 Å². The number of hydrogen-bond acceptors (Lipinski definition) is 5. The van der Waals surface area contributed by atoms with E-state index in [0.29, 0.717) is 34.0 Å². The maximum Gasteiger partial charge on any atom is 0.573 e. The summed E-state index contributed by atoms with van der Waals surface area (Å²) in [6, 6.07) is 15.7. The van der Waals surface area contributed by atoms with Crippen molar-refractivity contribution in [3.63, 3.8) is 0 Å². The lowest BCUT2D eigenvalue weighted by molar-refractivity contribution is -0.274. The van der Waals surface area contributed by atoms with Crippen LogP contribution in [0.3, 0.4) is 0 Å². The molecule has 0 radical (unpaired) electrons. The molecular formula is C24H18F4N6O2S. The highest BCUT2D eigenvalue weighted by Crippen LogP contribution is 2.24. The first-order valence-corrected chi connectivity index (χ1v) is 11.0. The third-order valence-corrected chi connectivity index (χ3v) is 5.17. The zero-order valence-electron chi connectivity index (χ0n) is 19.0. The highest BCUT2D eigenvalue weighted by Gasteiger charge is 2.31. The van der Waals surface area contributed by atoms with Crippen LogP contribution in [-0.4, -0.2) is 32.3 Å². The van der Waals surface area contributed by atoms with Crippen LogP contribution in [-0.2, 0) is 0 Å². The summed E-state index contributed by atoms with van der Waals surface area (Å²) in [4.78, 5) is 16.5. The molecule has 2 amide bonds. The summed E-state index contributed by atoms with van der Waals surface area (Å²) in [6.45, 7) is 1.59. The molecular weight excluding hydrogens is 512 g/mol. The van der Waals surface area contributed by atoms with Gasteiger partial charge in [0.25, 0.3) is 0 Å². The minimum absolute atomic E-state index is 0.00411. The molecule has 0 aliphatic rings. The number of hydrogen-bond donors (Lipinski definition) is 3.